The van der Waals surface area contributed by atoms with Crippen LogP contribution in [0.1, 0.15) is 0 Å². The zero-order valence-corrected chi connectivity index (χ0v) is 7.47. The Balaban J connectivity index is 2.04. The highest BCUT2D eigenvalue weighted by Gasteiger charge is 2.34. The van der Waals surface area contributed by atoms with Gasteiger partial charge in [-0.3, -0.25) is 0 Å². The van der Waals surface area contributed by atoms with Crippen LogP contribution in [0.25, 0.3) is 0 Å². The van der Waals surface area contributed by atoms with Crippen LogP contribution in [0.5, 0.6) is 0 Å². The van der Waals surface area contributed by atoms with E-state index in [0.29, 0.717) is 0 Å². The van der Waals surface area contributed by atoms with Crippen molar-refractivity contribution in [1.29, 1.82) is 0 Å². The molecule has 0 saturated carbocycles. The van der Waals surface area contributed by atoms with Gasteiger partial charge < -0.3 is 0 Å². The van der Waals surface area contributed by atoms with Gasteiger partial charge in [0.05, 0.1) is 0 Å². The first-order valence-corrected chi connectivity index (χ1v) is 7.30. The van der Waals surface area contributed by atoms with Gasteiger partial charge in [-0.25, -0.2) is 0 Å². The molecule has 2 rings (SSSR count). The van der Waals surface area contributed by atoms with Gasteiger partial charge in [0.2, 0.25) is 0 Å². The van der Waals surface area contributed by atoms with E-state index in [1.54, 1.807) is 0 Å². The molecular formula is C4H6S4. The lowest BCUT2D eigenvalue weighted by Crippen LogP contribution is -2.11. The van der Waals surface area contributed by atoms with Crippen LogP contribution in [0.4, 0.5) is 0 Å². The van der Waals surface area contributed by atoms with Crippen LogP contribution in [0, 0.1) is 0 Å². The van der Waals surface area contributed by atoms with Crippen molar-refractivity contribution in [3.8, 4) is 0 Å². The Morgan fingerprint density at radius 2 is 1.38 bits per heavy atom. The van der Waals surface area contributed by atoms with Gasteiger partial charge in [-0.05, 0) is 0 Å². The molecule has 0 aromatic heterocycles. The lowest BCUT2D eigenvalue weighted by atomic mass is 10.3. The topological polar surface area (TPSA) is 0 Å². The predicted octanol–water partition coefficient (Wildman–Crippen LogP) is 2.51. The summed E-state index contributed by atoms with van der Waals surface area (Å²) in [6.45, 7) is 0. The highest BCUT2D eigenvalue weighted by Crippen LogP contribution is 2.53. The summed E-state index contributed by atoms with van der Waals surface area (Å²) in [5, 5.41) is 1.96. The van der Waals surface area contributed by atoms with Crippen LogP contribution >= 0.6 is 43.2 Å². The Kier molecular flexibility index (Phi) is 1.96. The van der Waals surface area contributed by atoms with E-state index in [1.807, 2.05) is 21.6 Å². The number of fused-ring (bicyclic) bond motifs is 1. The molecule has 2 unspecified atom stereocenters. The summed E-state index contributed by atoms with van der Waals surface area (Å²) in [5.74, 6) is 2.76. The van der Waals surface area contributed by atoms with E-state index in [0.717, 1.165) is 10.5 Å². The quantitative estimate of drug-likeness (QED) is 0.528. The van der Waals surface area contributed by atoms with Crippen LogP contribution < -0.4 is 0 Å². The van der Waals surface area contributed by atoms with Gasteiger partial charge in [0.15, 0.2) is 0 Å². The van der Waals surface area contributed by atoms with Gasteiger partial charge in [-0.2, -0.15) is 0 Å². The van der Waals surface area contributed by atoms with Gasteiger partial charge in [0, 0.05) is 22.0 Å². The molecule has 0 aromatic carbocycles. The molecule has 0 bridgehead atoms. The molecular weight excluding hydrogens is 176 g/mol. The van der Waals surface area contributed by atoms with Crippen LogP contribution in [0.15, 0.2) is 0 Å². The normalized spacial score (nSPS) is 45.0. The summed E-state index contributed by atoms with van der Waals surface area (Å²) in [6, 6.07) is 0. The molecule has 0 spiro atoms. The largest absolute Gasteiger partial charge is 0.0926 e. The average molecular weight is 182 g/mol. The molecule has 8 heavy (non-hydrogen) atoms. The Morgan fingerprint density at radius 3 is 1.88 bits per heavy atom. The highest BCUT2D eigenvalue weighted by atomic mass is 33.1. The maximum absolute atomic E-state index is 2.09. The molecule has 2 heterocycles. The lowest BCUT2D eigenvalue weighted by molar-refractivity contribution is 0.986. The molecule has 2 aliphatic heterocycles. The second-order valence-corrected chi connectivity index (χ2v) is 7.14. The van der Waals surface area contributed by atoms with Crippen molar-refractivity contribution in [3.05, 3.63) is 0 Å². The molecule has 0 radical (unpaired) electrons. The van der Waals surface area contributed by atoms with Crippen molar-refractivity contribution >= 4 is 43.2 Å². The van der Waals surface area contributed by atoms with E-state index < -0.39 is 0 Å². The monoisotopic (exact) mass is 182 g/mol. The minimum absolute atomic E-state index is 0.981. The summed E-state index contributed by atoms with van der Waals surface area (Å²) in [6.07, 6.45) is 0. The first-order chi connectivity index (χ1) is 3.97. The number of rotatable bonds is 0. The maximum Gasteiger partial charge on any atom is 0.0385 e. The van der Waals surface area contributed by atoms with Gasteiger partial charge >= 0.3 is 0 Å². The van der Waals surface area contributed by atoms with E-state index in [1.165, 1.54) is 11.5 Å². The average Bonchev–Trinajstić information content (AvgIpc) is 2.15. The molecule has 2 atom stereocenters. The van der Waals surface area contributed by atoms with Gasteiger partial charge in [-0.1, -0.05) is 43.2 Å². The van der Waals surface area contributed by atoms with Crippen molar-refractivity contribution in [1.82, 2.24) is 0 Å². The second kappa shape index (κ2) is 2.56. The van der Waals surface area contributed by atoms with Crippen molar-refractivity contribution in [2.75, 3.05) is 11.5 Å². The number of hydrogen-bond acceptors (Lipinski definition) is 4. The molecule has 0 N–H and O–H groups in total. The fraction of sp³-hybridized carbons (Fsp3) is 1.00. The third kappa shape index (κ3) is 1.00. The van der Waals surface area contributed by atoms with Gasteiger partial charge in [0.1, 0.15) is 0 Å². The fourth-order valence-corrected chi connectivity index (χ4v) is 9.03. The summed E-state index contributed by atoms with van der Waals surface area (Å²) < 4.78 is 0. The van der Waals surface area contributed by atoms with Gasteiger partial charge in [-0.15, -0.1) is 0 Å². The van der Waals surface area contributed by atoms with E-state index in [9.17, 15) is 0 Å². The Hall–Kier alpha value is 1.40. The van der Waals surface area contributed by atoms with E-state index >= 15 is 0 Å². The molecule has 2 fully saturated rings. The third-order valence-electron chi connectivity index (χ3n) is 1.26. The first kappa shape index (κ1) is 6.13. The summed E-state index contributed by atoms with van der Waals surface area (Å²) >= 11 is 0. The predicted molar refractivity (Wildman–Crippen MR) is 47.7 cm³/mol. The molecule has 0 amide bonds. The Bertz CT molecular complexity index is 74.0. The minimum atomic E-state index is 0.981. The van der Waals surface area contributed by atoms with Crippen molar-refractivity contribution in [2.24, 2.45) is 0 Å². The van der Waals surface area contributed by atoms with Crippen LogP contribution in [0.2, 0.25) is 0 Å². The zero-order valence-electron chi connectivity index (χ0n) is 4.20. The molecule has 0 aromatic rings. The molecule has 0 nitrogen and oxygen atoms in total. The standard InChI is InChI=1S/C4H6S4/c1-3-4(8-5-1)2-6-7-3/h3-4H,1-2H2. The lowest BCUT2D eigenvalue weighted by Gasteiger charge is -1.99. The summed E-state index contributed by atoms with van der Waals surface area (Å²) in [5.41, 5.74) is 0. The molecule has 0 aliphatic carbocycles. The highest BCUT2D eigenvalue weighted by molar-refractivity contribution is 8.81. The Morgan fingerprint density at radius 1 is 0.875 bits per heavy atom. The molecule has 2 aliphatic rings. The van der Waals surface area contributed by atoms with Crippen molar-refractivity contribution < 1.29 is 0 Å². The first-order valence-electron chi connectivity index (χ1n) is 2.53. The van der Waals surface area contributed by atoms with Crippen LogP contribution in [-0.4, -0.2) is 22.0 Å². The minimum Gasteiger partial charge on any atom is -0.0926 e. The molecule has 4 heteroatoms. The summed E-state index contributed by atoms with van der Waals surface area (Å²) in [4.78, 5) is 0. The summed E-state index contributed by atoms with van der Waals surface area (Å²) in [7, 11) is 8.27. The van der Waals surface area contributed by atoms with E-state index in [-0.39, 0.29) is 0 Å². The van der Waals surface area contributed by atoms with Crippen molar-refractivity contribution in [2.45, 2.75) is 10.5 Å². The maximum atomic E-state index is 2.09. The van der Waals surface area contributed by atoms with Crippen LogP contribution in [0.3, 0.4) is 0 Å². The van der Waals surface area contributed by atoms with Crippen LogP contribution in [-0.2, 0) is 0 Å². The fourth-order valence-electron chi connectivity index (χ4n) is 0.782. The SMILES string of the molecule is C1SSC2CSSC12. The van der Waals surface area contributed by atoms with E-state index in [2.05, 4.69) is 21.6 Å². The van der Waals surface area contributed by atoms with Gasteiger partial charge in [0.25, 0.3) is 0 Å². The number of hydrogen-bond donors (Lipinski definition) is 0. The molecule has 2 saturated heterocycles. The van der Waals surface area contributed by atoms with E-state index in [4.69, 9.17) is 0 Å². The molecule has 46 valence electrons. The zero-order chi connectivity index (χ0) is 5.40. The second-order valence-electron chi connectivity index (χ2n) is 1.84. The van der Waals surface area contributed by atoms with Crippen molar-refractivity contribution in [3.63, 3.8) is 0 Å². The Labute approximate surface area is 65.1 Å². The smallest absolute Gasteiger partial charge is 0.0385 e. The third-order valence-corrected chi connectivity index (χ3v) is 7.72.